The van der Waals surface area contributed by atoms with Crippen LogP contribution in [0, 0.1) is 0 Å². The largest absolute Gasteiger partial charge is 0.483 e. The average molecular weight is 86.1 g/mol. The minimum Gasteiger partial charge on any atom is -0.483 e. The molecule has 0 atom stereocenters. The van der Waals surface area contributed by atoms with Crippen LogP contribution in [-0.2, 0) is 4.79 Å². The Bertz CT molecular complexity index is 13.5. The van der Waals surface area contributed by atoms with Gasteiger partial charge in [-0.1, -0.05) is 0 Å². The van der Waals surface area contributed by atoms with Crippen molar-refractivity contribution in [2.45, 2.75) is 0 Å². The van der Waals surface area contributed by atoms with E-state index in [1.54, 1.807) is 0 Å². The van der Waals surface area contributed by atoms with Gasteiger partial charge in [0.05, 0.1) is 0 Å². The van der Waals surface area contributed by atoms with Gasteiger partial charge >= 0.3 is 0 Å². The fraction of sp³-hybridized carbons (Fsp3) is 0. The van der Waals surface area contributed by atoms with Crippen molar-refractivity contribution in [2.75, 3.05) is 0 Å². The molecule has 0 amide bonds. The van der Waals surface area contributed by atoms with Gasteiger partial charge in [0, 0.05) is 37.7 Å². The number of carbonyl (C=O) groups is 1. The minimum absolute atomic E-state index is 0. The van der Waals surface area contributed by atoms with Crippen LogP contribution in [0.2, 0.25) is 0 Å². The van der Waals surface area contributed by atoms with Crippen molar-refractivity contribution in [1.82, 2.24) is 0 Å². The number of hydrogen-bond acceptors (Lipinski definition) is 1. The van der Waals surface area contributed by atoms with Gasteiger partial charge in [-0.15, -0.1) is 0 Å². The molecule has 0 aliphatic carbocycles. The Morgan fingerprint density at radius 2 is 1.75 bits per heavy atom. The standard InChI is InChI=1S/CH2O2.Ca/c2-1-3;/h1H,(H,2,3);. The SMILES string of the molecule is O=CO.[Ca]. The van der Waals surface area contributed by atoms with Gasteiger partial charge in [-0.25, -0.2) is 0 Å². The van der Waals surface area contributed by atoms with E-state index in [0.29, 0.717) is 0 Å². The molecule has 2 radical (unpaired) electrons. The zero-order chi connectivity index (χ0) is 2.71. The molecule has 20 valence electrons. The second kappa shape index (κ2) is 9.29. The smallest absolute Gasteiger partial charge is 0.290 e. The van der Waals surface area contributed by atoms with E-state index in [0.717, 1.165) is 0 Å². The summed E-state index contributed by atoms with van der Waals surface area (Å²) < 4.78 is 0. The monoisotopic (exact) mass is 86.0 g/mol. The van der Waals surface area contributed by atoms with Gasteiger partial charge in [0.2, 0.25) is 0 Å². The predicted molar refractivity (Wildman–Crippen MR) is 14.4 cm³/mol. The molecule has 0 saturated heterocycles. The zero-order valence-corrected chi connectivity index (χ0v) is 4.35. The first-order valence-electron chi connectivity index (χ1n) is 0.494. The molecule has 4 heavy (non-hydrogen) atoms. The van der Waals surface area contributed by atoms with Crippen molar-refractivity contribution in [3.05, 3.63) is 0 Å². The van der Waals surface area contributed by atoms with E-state index in [1.165, 1.54) is 0 Å². The number of rotatable bonds is 0. The van der Waals surface area contributed by atoms with E-state index in [2.05, 4.69) is 0 Å². The normalized spacial score (nSPS) is 3.00. The average Bonchev–Trinajstić information content (AvgIpc) is 0.918. The van der Waals surface area contributed by atoms with Crippen molar-refractivity contribution in [1.29, 1.82) is 0 Å². The molecule has 0 aromatic rings. The summed E-state index contributed by atoms with van der Waals surface area (Å²) in [6.45, 7) is -0.250. The van der Waals surface area contributed by atoms with Gasteiger partial charge in [-0.2, -0.15) is 0 Å². The van der Waals surface area contributed by atoms with Crippen LogP contribution in [-0.4, -0.2) is 49.3 Å². The van der Waals surface area contributed by atoms with E-state index >= 15 is 0 Å². The fourth-order valence-corrected chi connectivity index (χ4v) is 0. The van der Waals surface area contributed by atoms with Gasteiger partial charge in [0.1, 0.15) is 0 Å². The summed E-state index contributed by atoms with van der Waals surface area (Å²) in [7, 11) is 0. The Kier molecular flexibility index (Phi) is 20.5. The Morgan fingerprint density at radius 1 is 1.75 bits per heavy atom. The van der Waals surface area contributed by atoms with Gasteiger partial charge in [0.25, 0.3) is 6.47 Å². The minimum atomic E-state index is -0.250. The third kappa shape index (κ3) is 15.3. The number of carboxylic acid groups (broad SMARTS) is 1. The number of hydrogen-bond donors (Lipinski definition) is 1. The molecule has 0 aliphatic rings. The third-order valence-corrected chi connectivity index (χ3v) is 0. The molecule has 0 heterocycles. The summed E-state index contributed by atoms with van der Waals surface area (Å²) in [4.78, 5) is 8.36. The van der Waals surface area contributed by atoms with E-state index in [9.17, 15) is 0 Å². The molecular formula is CH2CaO2. The molecule has 0 unspecified atom stereocenters. The van der Waals surface area contributed by atoms with Crippen LogP contribution < -0.4 is 0 Å². The first kappa shape index (κ1) is 8.83. The topological polar surface area (TPSA) is 37.3 Å². The predicted octanol–water partition coefficient (Wildman–Crippen LogP) is -0.680. The zero-order valence-electron chi connectivity index (χ0n) is 2.14. The maximum absolute atomic E-state index is 8.36. The van der Waals surface area contributed by atoms with Gasteiger partial charge in [0.15, 0.2) is 0 Å². The first-order valence-corrected chi connectivity index (χ1v) is 0.494. The van der Waals surface area contributed by atoms with Crippen LogP contribution in [0.4, 0.5) is 0 Å². The van der Waals surface area contributed by atoms with E-state index < -0.39 is 0 Å². The first-order chi connectivity index (χ1) is 1.41. The fourth-order valence-electron chi connectivity index (χ4n) is 0. The molecule has 0 bridgehead atoms. The Balaban J connectivity index is 0. The summed E-state index contributed by atoms with van der Waals surface area (Å²) >= 11 is 0. The van der Waals surface area contributed by atoms with E-state index in [-0.39, 0.29) is 44.2 Å². The Morgan fingerprint density at radius 3 is 1.75 bits per heavy atom. The molecule has 2 nitrogen and oxygen atoms in total. The summed E-state index contributed by atoms with van der Waals surface area (Å²) in [5, 5.41) is 6.89. The molecule has 0 aromatic carbocycles. The Hall–Kier alpha value is 0.730. The quantitative estimate of drug-likeness (QED) is 0.313. The van der Waals surface area contributed by atoms with E-state index in [4.69, 9.17) is 9.90 Å². The van der Waals surface area contributed by atoms with Crippen LogP contribution in [0.25, 0.3) is 0 Å². The van der Waals surface area contributed by atoms with Crippen molar-refractivity contribution in [3.8, 4) is 0 Å². The Labute approximate surface area is 53.8 Å². The molecule has 0 aromatic heterocycles. The molecule has 0 fully saturated rings. The van der Waals surface area contributed by atoms with Crippen molar-refractivity contribution in [2.24, 2.45) is 0 Å². The van der Waals surface area contributed by atoms with Crippen LogP contribution in [0.3, 0.4) is 0 Å². The molecule has 0 spiro atoms. The molecule has 0 saturated carbocycles. The molecular weight excluding hydrogens is 84.1 g/mol. The van der Waals surface area contributed by atoms with Crippen LogP contribution in [0.5, 0.6) is 0 Å². The third-order valence-electron chi connectivity index (χ3n) is 0. The van der Waals surface area contributed by atoms with Crippen LogP contribution in [0.1, 0.15) is 0 Å². The maximum atomic E-state index is 8.36. The molecule has 3 heteroatoms. The van der Waals surface area contributed by atoms with Crippen molar-refractivity contribution >= 4 is 44.2 Å². The summed E-state index contributed by atoms with van der Waals surface area (Å²) in [6, 6.07) is 0. The summed E-state index contributed by atoms with van der Waals surface area (Å²) in [5.41, 5.74) is 0. The maximum Gasteiger partial charge on any atom is 0.290 e. The second-order valence-electron chi connectivity index (χ2n) is 0.105. The summed E-state index contributed by atoms with van der Waals surface area (Å²) in [5.74, 6) is 0. The van der Waals surface area contributed by atoms with Gasteiger partial charge < -0.3 is 5.11 Å². The molecule has 0 aliphatic heterocycles. The van der Waals surface area contributed by atoms with E-state index in [1.807, 2.05) is 0 Å². The van der Waals surface area contributed by atoms with Gasteiger partial charge in [-0.05, 0) is 0 Å². The van der Waals surface area contributed by atoms with Crippen LogP contribution in [0.15, 0.2) is 0 Å². The van der Waals surface area contributed by atoms with Gasteiger partial charge in [-0.3, -0.25) is 4.79 Å². The van der Waals surface area contributed by atoms with Crippen molar-refractivity contribution in [3.63, 3.8) is 0 Å². The second-order valence-corrected chi connectivity index (χ2v) is 0.105. The van der Waals surface area contributed by atoms with Crippen LogP contribution >= 0.6 is 0 Å². The summed E-state index contributed by atoms with van der Waals surface area (Å²) in [6.07, 6.45) is 0. The molecule has 1 N–H and O–H groups in total. The molecule has 0 rings (SSSR count). The van der Waals surface area contributed by atoms with Crippen molar-refractivity contribution < 1.29 is 9.90 Å².